The average molecular weight is 689 g/mol. The summed E-state index contributed by atoms with van der Waals surface area (Å²) in [7, 11) is 0. The predicted molar refractivity (Wildman–Crippen MR) is 191 cm³/mol. The van der Waals surface area contributed by atoms with E-state index in [2.05, 4.69) is 23.5 Å². The van der Waals surface area contributed by atoms with Crippen molar-refractivity contribution in [1.29, 1.82) is 0 Å². The fraction of sp³-hybridized carbons (Fsp3) is 0.375. The van der Waals surface area contributed by atoms with Crippen molar-refractivity contribution in [2.45, 2.75) is 62.7 Å². The van der Waals surface area contributed by atoms with Gasteiger partial charge in [0, 0.05) is 19.6 Å². The van der Waals surface area contributed by atoms with Crippen LogP contribution in [-0.4, -0.2) is 89.5 Å². The van der Waals surface area contributed by atoms with E-state index >= 15 is 9.59 Å². The van der Waals surface area contributed by atoms with Crippen LogP contribution in [0.1, 0.15) is 43.4 Å². The smallest absolute Gasteiger partial charge is 0.250 e. The Morgan fingerprint density at radius 3 is 2.31 bits per heavy atom. The number of benzene rings is 3. The Balaban J connectivity index is 1.33. The summed E-state index contributed by atoms with van der Waals surface area (Å²) >= 11 is 0. The second-order valence-corrected chi connectivity index (χ2v) is 13.7. The van der Waals surface area contributed by atoms with Crippen LogP contribution in [0.25, 0.3) is 11.0 Å². The number of amides is 3. The molecule has 4 heterocycles. The first-order valence-corrected chi connectivity index (χ1v) is 17.6. The van der Waals surface area contributed by atoms with E-state index in [0.29, 0.717) is 36.9 Å². The zero-order chi connectivity index (χ0) is 35.8. The lowest BCUT2D eigenvalue weighted by molar-refractivity contribution is -0.159. The molecule has 51 heavy (non-hydrogen) atoms. The summed E-state index contributed by atoms with van der Waals surface area (Å²) < 4.78 is 8.76. The second-order valence-electron chi connectivity index (χ2n) is 13.7. The zero-order valence-electron chi connectivity index (χ0n) is 28.9. The van der Waals surface area contributed by atoms with Crippen LogP contribution < -0.4 is 0 Å². The monoisotopic (exact) mass is 688 g/mol. The summed E-state index contributed by atoms with van der Waals surface area (Å²) in [5, 5.41) is 19.6. The van der Waals surface area contributed by atoms with E-state index in [9.17, 15) is 9.90 Å². The van der Waals surface area contributed by atoms with Gasteiger partial charge in [0.25, 0.3) is 0 Å². The lowest BCUT2D eigenvalue weighted by atomic mass is 9.64. The maximum Gasteiger partial charge on any atom is 0.250 e. The molecule has 1 N–H and O–H groups in total. The number of rotatable bonds is 14. The van der Waals surface area contributed by atoms with Crippen LogP contribution in [0.2, 0.25) is 0 Å². The molecule has 0 radical (unpaired) electrons. The minimum atomic E-state index is -1.30. The topological polar surface area (TPSA) is 121 Å². The molecule has 7 rings (SSSR count). The van der Waals surface area contributed by atoms with E-state index < -0.39 is 41.7 Å². The molecule has 0 saturated carbocycles. The molecule has 2 unspecified atom stereocenters. The van der Waals surface area contributed by atoms with Gasteiger partial charge in [0.1, 0.15) is 23.8 Å². The van der Waals surface area contributed by atoms with E-state index in [0.717, 1.165) is 11.1 Å². The van der Waals surface area contributed by atoms with Gasteiger partial charge in [0.05, 0.1) is 35.6 Å². The average Bonchev–Trinajstić information content (AvgIpc) is 3.89. The summed E-state index contributed by atoms with van der Waals surface area (Å²) in [6.45, 7) is 10.2. The van der Waals surface area contributed by atoms with Gasteiger partial charge in [-0.25, -0.2) is 4.68 Å². The molecule has 11 heteroatoms. The van der Waals surface area contributed by atoms with Crippen molar-refractivity contribution >= 4 is 28.8 Å². The molecule has 264 valence electrons. The van der Waals surface area contributed by atoms with E-state index in [4.69, 9.17) is 4.74 Å². The SMILES string of the molecule is C=CCN(Cn1nnc2ccccc21)C(=O)C1N([C@H](CO)c2ccccc2)C(=O)[C@@H]2[C@H](C(=O)N(CC=C)Cc3ccccc3)[C@]3(CC)CCC12O3. The molecular weight excluding hydrogens is 644 g/mol. The summed E-state index contributed by atoms with van der Waals surface area (Å²) in [6, 6.07) is 24.4. The molecule has 3 fully saturated rings. The highest BCUT2D eigenvalue weighted by atomic mass is 16.5. The van der Waals surface area contributed by atoms with E-state index in [1.165, 1.54) is 4.90 Å². The van der Waals surface area contributed by atoms with Crippen LogP contribution in [0.5, 0.6) is 0 Å². The third-order valence-corrected chi connectivity index (χ3v) is 11.1. The molecule has 3 aromatic carbocycles. The van der Waals surface area contributed by atoms with Gasteiger partial charge in [0.2, 0.25) is 17.7 Å². The second kappa shape index (κ2) is 13.9. The summed E-state index contributed by atoms with van der Waals surface area (Å²) in [4.78, 5) is 50.1. The summed E-state index contributed by atoms with van der Waals surface area (Å²) in [6.07, 6.45) is 4.74. The van der Waals surface area contributed by atoms with Gasteiger partial charge in [-0.2, -0.15) is 0 Å². The van der Waals surface area contributed by atoms with Gasteiger partial charge in [-0.05, 0) is 42.5 Å². The summed E-state index contributed by atoms with van der Waals surface area (Å²) in [5.41, 5.74) is 0.831. The Morgan fingerprint density at radius 2 is 1.63 bits per heavy atom. The Morgan fingerprint density at radius 1 is 0.961 bits per heavy atom. The Kier molecular flexibility index (Phi) is 9.34. The van der Waals surface area contributed by atoms with Gasteiger partial charge in [-0.1, -0.05) is 97.1 Å². The molecule has 0 aliphatic carbocycles. The van der Waals surface area contributed by atoms with Crippen molar-refractivity contribution < 1.29 is 24.2 Å². The van der Waals surface area contributed by atoms with Gasteiger partial charge < -0.3 is 24.5 Å². The fourth-order valence-corrected chi connectivity index (χ4v) is 8.79. The van der Waals surface area contributed by atoms with Crippen molar-refractivity contribution in [3.63, 3.8) is 0 Å². The first-order valence-electron chi connectivity index (χ1n) is 17.6. The highest BCUT2D eigenvalue weighted by Crippen LogP contribution is 2.65. The molecule has 2 bridgehead atoms. The van der Waals surface area contributed by atoms with Crippen molar-refractivity contribution in [3.05, 3.63) is 121 Å². The highest BCUT2D eigenvalue weighted by molar-refractivity contribution is 5.99. The minimum Gasteiger partial charge on any atom is -0.394 e. The quantitative estimate of drug-likeness (QED) is 0.194. The molecular formula is C40H44N6O5. The molecule has 11 nitrogen and oxygen atoms in total. The van der Waals surface area contributed by atoms with Gasteiger partial charge >= 0.3 is 0 Å². The number of nitrogens with zero attached hydrogens (tertiary/aromatic N) is 6. The largest absolute Gasteiger partial charge is 0.394 e. The number of aliphatic hydroxyl groups is 1. The van der Waals surface area contributed by atoms with E-state index in [1.54, 1.807) is 26.6 Å². The van der Waals surface area contributed by atoms with Crippen LogP contribution in [0.3, 0.4) is 0 Å². The van der Waals surface area contributed by atoms with Gasteiger partial charge in [0.15, 0.2) is 0 Å². The number of para-hydroxylation sites is 1. The first kappa shape index (κ1) is 34.3. The van der Waals surface area contributed by atoms with Crippen LogP contribution >= 0.6 is 0 Å². The number of carbonyl (C=O) groups is 3. The van der Waals surface area contributed by atoms with Crippen LogP contribution in [0.4, 0.5) is 0 Å². The lowest BCUT2D eigenvalue weighted by Gasteiger charge is -2.39. The predicted octanol–water partition coefficient (Wildman–Crippen LogP) is 4.51. The molecule has 3 saturated heterocycles. The number of fused-ring (bicyclic) bond motifs is 2. The molecule has 1 aromatic heterocycles. The van der Waals surface area contributed by atoms with E-state index in [-0.39, 0.29) is 37.5 Å². The molecule has 3 aliphatic rings. The molecule has 1 spiro atoms. The molecule has 3 amide bonds. The maximum absolute atomic E-state index is 15.2. The minimum absolute atomic E-state index is 0.0469. The Bertz CT molecular complexity index is 1930. The highest BCUT2D eigenvalue weighted by Gasteiger charge is 2.79. The lowest BCUT2D eigenvalue weighted by Crippen LogP contribution is -2.57. The van der Waals surface area contributed by atoms with Crippen LogP contribution in [0, 0.1) is 11.8 Å². The van der Waals surface area contributed by atoms with Crippen LogP contribution in [0.15, 0.2) is 110 Å². The molecule has 6 atom stereocenters. The summed E-state index contributed by atoms with van der Waals surface area (Å²) in [5.74, 6) is -2.72. The molecule has 4 aromatic rings. The Labute approximate surface area is 297 Å². The van der Waals surface area contributed by atoms with Gasteiger partial charge in [-0.3, -0.25) is 14.4 Å². The number of likely N-dealkylation sites (tertiary alicyclic amines) is 1. The number of ether oxygens (including phenoxy) is 1. The van der Waals surface area contributed by atoms with Crippen LogP contribution in [-0.2, 0) is 32.3 Å². The van der Waals surface area contributed by atoms with Crippen molar-refractivity contribution in [1.82, 2.24) is 29.7 Å². The third kappa shape index (κ3) is 5.64. The van der Waals surface area contributed by atoms with Crippen molar-refractivity contribution in [3.8, 4) is 0 Å². The number of hydrogen-bond donors (Lipinski definition) is 1. The van der Waals surface area contributed by atoms with Gasteiger partial charge in [-0.15, -0.1) is 18.3 Å². The number of aliphatic hydroxyl groups excluding tert-OH is 1. The van der Waals surface area contributed by atoms with Crippen molar-refractivity contribution in [2.75, 3.05) is 19.7 Å². The standard InChI is InChI=1S/C40H44N6O5/c1-4-23-43(25-28-15-9-7-10-16-28)36(48)33-34-37(49)46(32(26-47)29-17-11-8-12-18-29)35(40(34)22-21-39(33,6-3)51-40)38(50)44(24-5-2)27-45-31-20-14-13-19-30(31)41-42-45/h4-5,7-20,32-35,47H,1-2,6,21-27H2,3H3/t32-,33-,34+,35?,39+,40?/m1/s1. The molecule has 3 aliphatic heterocycles. The zero-order valence-corrected chi connectivity index (χ0v) is 28.9. The fourth-order valence-electron chi connectivity index (χ4n) is 8.79. The number of aromatic nitrogens is 3. The number of carbonyl (C=O) groups excluding carboxylic acids is 3. The normalized spacial score (nSPS) is 25.5. The first-order chi connectivity index (χ1) is 24.8. The maximum atomic E-state index is 15.2. The number of hydrogen-bond acceptors (Lipinski definition) is 7. The third-order valence-electron chi connectivity index (χ3n) is 11.1. The Hall–Kier alpha value is -5.13. The van der Waals surface area contributed by atoms with Crippen molar-refractivity contribution in [2.24, 2.45) is 11.8 Å². The van der Waals surface area contributed by atoms with E-state index in [1.807, 2.05) is 91.9 Å².